The maximum absolute atomic E-state index is 5.71. The molecule has 0 spiro atoms. The summed E-state index contributed by atoms with van der Waals surface area (Å²) in [5, 5.41) is 3.93. The maximum Gasteiger partial charge on any atom is 0.257 e. The molecular formula is C13H15N3O2. The van der Waals surface area contributed by atoms with Crippen LogP contribution >= 0.6 is 0 Å². The van der Waals surface area contributed by atoms with Crippen molar-refractivity contribution < 1.29 is 9.26 Å². The van der Waals surface area contributed by atoms with E-state index in [2.05, 4.69) is 10.1 Å². The van der Waals surface area contributed by atoms with Crippen molar-refractivity contribution in [2.24, 2.45) is 5.73 Å². The molecular weight excluding hydrogens is 230 g/mol. The molecule has 1 aliphatic heterocycles. The first-order valence-corrected chi connectivity index (χ1v) is 6.00. The van der Waals surface area contributed by atoms with E-state index in [0.717, 1.165) is 5.56 Å². The third kappa shape index (κ3) is 2.14. The van der Waals surface area contributed by atoms with Crippen molar-refractivity contribution in [2.75, 3.05) is 0 Å². The Morgan fingerprint density at radius 2 is 2.17 bits per heavy atom. The lowest BCUT2D eigenvalue weighted by Gasteiger charge is -1.99. The van der Waals surface area contributed by atoms with Gasteiger partial charge in [-0.3, -0.25) is 0 Å². The van der Waals surface area contributed by atoms with Crippen molar-refractivity contribution in [3.63, 3.8) is 0 Å². The molecule has 0 saturated carbocycles. The molecule has 0 fully saturated rings. The van der Waals surface area contributed by atoms with Crippen LogP contribution in [0.5, 0.6) is 0 Å². The Morgan fingerprint density at radius 1 is 1.33 bits per heavy atom. The number of ether oxygens (including phenoxy) is 1. The number of benzene rings is 1. The van der Waals surface area contributed by atoms with Gasteiger partial charge in [0.1, 0.15) is 0 Å². The Labute approximate surface area is 105 Å². The van der Waals surface area contributed by atoms with E-state index in [-0.39, 0.29) is 6.04 Å². The van der Waals surface area contributed by atoms with Crippen LogP contribution in [0.2, 0.25) is 0 Å². The second-order valence-electron chi connectivity index (χ2n) is 4.67. The highest BCUT2D eigenvalue weighted by Gasteiger charge is 2.15. The van der Waals surface area contributed by atoms with Gasteiger partial charge in [0.15, 0.2) is 5.82 Å². The summed E-state index contributed by atoms with van der Waals surface area (Å²) >= 11 is 0. The molecule has 2 aromatic rings. The summed E-state index contributed by atoms with van der Waals surface area (Å²) in [6.07, 6.45) is 0.623. The monoisotopic (exact) mass is 245 g/mol. The summed E-state index contributed by atoms with van der Waals surface area (Å²) in [4.78, 5) is 4.35. The number of hydrogen-bond donors (Lipinski definition) is 1. The zero-order chi connectivity index (χ0) is 12.5. The van der Waals surface area contributed by atoms with Crippen LogP contribution in [0, 0.1) is 0 Å². The minimum Gasteiger partial charge on any atom is -0.372 e. The Bertz CT molecular complexity index is 563. The van der Waals surface area contributed by atoms with E-state index in [1.807, 2.05) is 25.1 Å². The molecule has 1 atom stereocenters. The van der Waals surface area contributed by atoms with Crippen molar-refractivity contribution >= 4 is 0 Å². The van der Waals surface area contributed by atoms with Gasteiger partial charge in [-0.15, -0.1) is 0 Å². The molecule has 0 saturated heterocycles. The lowest BCUT2D eigenvalue weighted by Crippen LogP contribution is -2.18. The zero-order valence-electron chi connectivity index (χ0n) is 10.2. The number of rotatable bonds is 3. The highest BCUT2D eigenvalue weighted by atomic mass is 16.5. The van der Waals surface area contributed by atoms with E-state index in [9.17, 15) is 0 Å². The van der Waals surface area contributed by atoms with Crippen LogP contribution in [0.4, 0.5) is 0 Å². The molecule has 18 heavy (non-hydrogen) atoms. The van der Waals surface area contributed by atoms with Crippen molar-refractivity contribution in [3.8, 4) is 11.5 Å². The molecule has 5 nitrogen and oxygen atoms in total. The minimum absolute atomic E-state index is 0.0314. The van der Waals surface area contributed by atoms with Crippen LogP contribution in [0.3, 0.4) is 0 Å². The van der Waals surface area contributed by atoms with E-state index >= 15 is 0 Å². The lowest BCUT2D eigenvalue weighted by atomic mass is 10.1. The molecule has 94 valence electrons. The van der Waals surface area contributed by atoms with Gasteiger partial charge in [-0.05, 0) is 30.2 Å². The van der Waals surface area contributed by atoms with Crippen LogP contribution in [-0.4, -0.2) is 16.2 Å². The lowest BCUT2D eigenvalue weighted by molar-refractivity contribution is 0.134. The average Bonchev–Trinajstić information content (AvgIpc) is 2.95. The molecule has 1 unspecified atom stereocenters. The van der Waals surface area contributed by atoms with Crippen LogP contribution in [0.15, 0.2) is 22.7 Å². The maximum atomic E-state index is 5.71. The van der Waals surface area contributed by atoms with E-state index < -0.39 is 0 Å². The molecule has 0 amide bonds. The van der Waals surface area contributed by atoms with Gasteiger partial charge < -0.3 is 15.0 Å². The molecule has 3 rings (SSSR count). The first-order chi connectivity index (χ1) is 8.72. The smallest absolute Gasteiger partial charge is 0.257 e. The van der Waals surface area contributed by atoms with Gasteiger partial charge in [-0.25, -0.2) is 0 Å². The van der Waals surface area contributed by atoms with E-state index in [4.69, 9.17) is 15.0 Å². The third-order valence-corrected chi connectivity index (χ3v) is 2.94. The molecule has 2 heterocycles. The highest BCUT2D eigenvalue weighted by Crippen LogP contribution is 2.26. The minimum atomic E-state index is 0.0314. The molecule has 1 aliphatic rings. The van der Waals surface area contributed by atoms with Gasteiger partial charge in [0.2, 0.25) is 0 Å². The third-order valence-electron chi connectivity index (χ3n) is 2.94. The summed E-state index contributed by atoms with van der Waals surface area (Å²) < 4.78 is 10.6. The van der Waals surface area contributed by atoms with Gasteiger partial charge in [0.25, 0.3) is 5.89 Å². The first-order valence-electron chi connectivity index (χ1n) is 6.00. The Morgan fingerprint density at radius 3 is 3.00 bits per heavy atom. The predicted octanol–water partition coefficient (Wildman–Crippen LogP) is 1.66. The Hall–Kier alpha value is -1.72. The second-order valence-corrected chi connectivity index (χ2v) is 4.67. The summed E-state index contributed by atoms with van der Waals surface area (Å²) in [6, 6.07) is 6.11. The van der Waals surface area contributed by atoms with Gasteiger partial charge in [0.05, 0.1) is 13.2 Å². The van der Waals surface area contributed by atoms with Gasteiger partial charge in [-0.1, -0.05) is 11.2 Å². The van der Waals surface area contributed by atoms with Crippen LogP contribution in [-0.2, 0) is 24.4 Å². The standard InChI is InChI=1S/C13H15N3O2/c1-8(14)4-12-15-13(18-16-12)9-2-3-10-6-17-7-11(10)5-9/h2-3,5,8H,4,6-7,14H2,1H3. The second kappa shape index (κ2) is 4.51. The summed E-state index contributed by atoms with van der Waals surface area (Å²) in [5.74, 6) is 1.19. The van der Waals surface area contributed by atoms with Crippen molar-refractivity contribution in [3.05, 3.63) is 35.2 Å². The first kappa shape index (κ1) is 11.4. The fraction of sp³-hybridized carbons (Fsp3) is 0.385. The summed E-state index contributed by atoms with van der Waals surface area (Å²) in [7, 11) is 0. The zero-order valence-corrected chi connectivity index (χ0v) is 10.2. The molecule has 1 aromatic carbocycles. The summed E-state index contributed by atoms with van der Waals surface area (Å²) in [5.41, 5.74) is 9.07. The number of hydrogen-bond acceptors (Lipinski definition) is 5. The fourth-order valence-electron chi connectivity index (χ4n) is 2.05. The van der Waals surface area contributed by atoms with Crippen LogP contribution in [0.25, 0.3) is 11.5 Å². The molecule has 0 bridgehead atoms. The van der Waals surface area contributed by atoms with Crippen LogP contribution in [0.1, 0.15) is 23.9 Å². The SMILES string of the molecule is CC(N)Cc1noc(-c2ccc3c(c2)COC3)n1. The van der Waals surface area contributed by atoms with E-state index in [1.165, 1.54) is 11.1 Å². The fourth-order valence-corrected chi connectivity index (χ4v) is 2.05. The average molecular weight is 245 g/mol. The molecule has 2 N–H and O–H groups in total. The topological polar surface area (TPSA) is 74.2 Å². The van der Waals surface area contributed by atoms with Gasteiger partial charge in [-0.2, -0.15) is 4.98 Å². The van der Waals surface area contributed by atoms with Crippen molar-refractivity contribution in [1.29, 1.82) is 0 Å². The normalized spacial score (nSPS) is 15.7. The molecule has 1 aromatic heterocycles. The quantitative estimate of drug-likeness (QED) is 0.890. The summed E-state index contributed by atoms with van der Waals surface area (Å²) in [6.45, 7) is 3.27. The van der Waals surface area contributed by atoms with Crippen molar-refractivity contribution in [2.45, 2.75) is 32.6 Å². The number of fused-ring (bicyclic) bond motifs is 1. The Balaban J connectivity index is 1.88. The van der Waals surface area contributed by atoms with Crippen molar-refractivity contribution in [1.82, 2.24) is 10.1 Å². The Kier molecular flexibility index (Phi) is 2.85. The largest absolute Gasteiger partial charge is 0.372 e. The van der Waals surface area contributed by atoms with E-state index in [1.54, 1.807) is 0 Å². The molecule has 5 heteroatoms. The highest BCUT2D eigenvalue weighted by molar-refractivity contribution is 5.56. The number of nitrogens with two attached hydrogens (primary N) is 1. The van der Waals surface area contributed by atoms with Crippen LogP contribution < -0.4 is 5.73 Å². The van der Waals surface area contributed by atoms with Gasteiger partial charge >= 0.3 is 0 Å². The van der Waals surface area contributed by atoms with Gasteiger partial charge in [0, 0.05) is 18.0 Å². The number of aromatic nitrogens is 2. The molecule has 0 radical (unpaired) electrons. The van der Waals surface area contributed by atoms with E-state index in [0.29, 0.717) is 31.3 Å². The predicted molar refractivity (Wildman–Crippen MR) is 65.6 cm³/mol. The molecule has 0 aliphatic carbocycles. The number of nitrogens with zero attached hydrogens (tertiary/aromatic N) is 2.